The molecule has 22 heteroatoms. The number of pyridine rings is 1. The van der Waals surface area contributed by atoms with Crippen molar-refractivity contribution in [2.45, 2.75) is 31.5 Å². The molecule has 0 aliphatic carbocycles. The van der Waals surface area contributed by atoms with E-state index in [1.807, 2.05) is 0 Å². The van der Waals surface area contributed by atoms with Crippen LogP contribution >= 0.6 is 22.9 Å². The zero-order valence-electron chi connectivity index (χ0n) is 25.9. The number of carboxylic acid groups (broad SMARTS) is 1. The monoisotopic (exact) mass is 745 g/mol. The Labute approximate surface area is 287 Å². The largest absolute Gasteiger partial charge is 0.489 e. The zero-order chi connectivity index (χ0) is 36.3. The molecule has 1 aliphatic heterocycles. The van der Waals surface area contributed by atoms with E-state index in [4.69, 9.17) is 37.2 Å². The number of hydrogen-bond donors (Lipinski definition) is 6. The van der Waals surface area contributed by atoms with Crippen LogP contribution in [0.1, 0.15) is 19.5 Å². The first-order valence-electron chi connectivity index (χ1n) is 14.0. The molecule has 2 atom stereocenters. The molecule has 3 heterocycles. The minimum absolute atomic E-state index is 0.0404. The number of ether oxygens (including phenoxy) is 1. The van der Waals surface area contributed by atoms with Gasteiger partial charge in [0.2, 0.25) is 0 Å². The van der Waals surface area contributed by atoms with Gasteiger partial charge in [0.15, 0.2) is 10.8 Å². The lowest BCUT2D eigenvalue weighted by Gasteiger charge is -2.50. The average molecular weight is 746 g/mol. The second-order valence-electron chi connectivity index (χ2n) is 10.8. The maximum absolute atomic E-state index is 15.1. The number of nitrogens with two attached hydrogens (primary N) is 2. The molecule has 49 heavy (non-hydrogen) atoms. The van der Waals surface area contributed by atoms with Gasteiger partial charge in [-0.1, -0.05) is 28.1 Å². The van der Waals surface area contributed by atoms with Crippen molar-refractivity contribution in [3.05, 3.63) is 52.4 Å². The summed E-state index contributed by atoms with van der Waals surface area (Å²) in [4.78, 5) is 46.9. The Bertz CT molecular complexity index is 1910. The summed E-state index contributed by atoms with van der Waals surface area (Å²) in [5.41, 5.74) is 9.51. The van der Waals surface area contributed by atoms with Crippen molar-refractivity contribution in [2.75, 3.05) is 30.7 Å². The fraction of sp³-hybridized carbons (Fsp3) is 0.333. The average Bonchev–Trinajstić information content (AvgIpc) is 3.35. The van der Waals surface area contributed by atoms with Gasteiger partial charge in [-0.25, -0.2) is 18.7 Å². The first-order chi connectivity index (χ1) is 22.9. The number of amides is 2. The summed E-state index contributed by atoms with van der Waals surface area (Å²) in [5, 5.41) is 19.1. The number of hydroxylamine groups is 2. The summed E-state index contributed by atoms with van der Waals surface area (Å²) in [5.74, 6) is -3.70. The molecule has 1 unspecified atom stereocenters. The normalized spacial score (nSPS) is 16.5. The van der Waals surface area contributed by atoms with Crippen LogP contribution in [0.15, 0.2) is 41.7 Å². The van der Waals surface area contributed by atoms with Crippen molar-refractivity contribution in [3.63, 3.8) is 0 Å². The highest BCUT2D eigenvalue weighted by Gasteiger charge is 2.58. The van der Waals surface area contributed by atoms with Gasteiger partial charge in [-0.05, 0) is 32.0 Å². The van der Waals surface area contributed by atoms with Crippen molar-refractivity contribution in [3.8, 4) is 16.9 Å². The number of rotatable bonds is 15. The lowest BCUT2D eigenvalue weighted by atomic mass is 9.84. The number of nitrogen functional groups attached to an aromatic ring is 1. The maximum Gasteiger partial charge on any atom is 0.418 e. The number of carboxylic acids is 1. The minimum Gasteiger partial charge on any atom is -0.489 e. The summed E-state index contributed by atoms with van der Waals surface area (Å²) in [6.45, 7) is 2.92. The molecule has 0 radical (unpaired) electrons. The van der Waals surface area contributed by atoms with Gasteiger partial charge < -0.3 is 31.5 Å². The van der Waals surface area contributed by atoms with Crippen LogP contribution in [0.25, 0.3) is 11.1 Å². The molecule has 2 amide bonds. The fourth-order valence-corrected chi connectivity index (χ4v) is 5.86. The predicted octanol–water partition coefficient (Wildman–Crippen LogP) is 0.473. The zero-order valence-corrected chi connectivity index (χ0v) is 28.3. The first kappa shape index (κ1) is 37.2. The number of thiazole rings is 1. The van der Waals surface area contributed by atoms with Crippen molar-refractivity contribution >= 4 is 67.8 Å². The number of aliphatic carboxylic acids is 1. The number of aryl methyl sites for hydroxylation is 1. The Balaban J connectivity index is 1.50. The number of halogens is 2. The van der Waals surface area contributed by atoms with Crippen LogP contribution in [-0.4, -0.2) is 89.0 Å². The Morgan fingerprint density at radius 1 is 1.31 bits per heavy atom. The van der Waals surface area contributed by atoms with Gasteiger partial charge in [0.05, 0.1) is 25.3 Å². The number of nitrogens with zero attached hydrogens (tertiary/aromatic N) is 4. The van der Waals surface area contributed by atoms with E-state index in [0.29, 0.717) is 23.7 Å². The molecular formula is C27H31ClFN8O10S2+. The van der Waals surface area contributed by atoms with E-state index in [1.165, 1.54) is 26.0 Å². The summed E-state index contributed by atoms with van der Waals surface area (Å²) >= 11 is 6.92. The highest BCUT2D eigenvalue weighted by atomic mass is 35.5. The molecule has 18 nitrogen and oxygen atoms in total. The third-order valence-electron chi connectivity index (χ3n) is 6.95. The highest BCUT2D eigenvalue weighted by Crippen LogP contribution is 2.33. The van der Waals surface area contributed by atoms with Crippen LogP contribution in [-0.2, 0) is 41.0 Å². The van der Waals surface area contributed by atoms with Gasteiger partial charge in [-0.2, -0.15) is 13.5 Å². The van der Waals surface area contributed by atoms with Gasteiger partial charge in [0.1, 0.15) is 34.2 Å². The van der Waals surface area contributed by atoms with E-state index < -0.39 is 64.0 Å². The molecule has 0 bridgehead atoms. The van der Waals surface area contributed by atoms with E-state index in [2.05, 4.69) is 25.1 Å². The van der Waals surface area contributed by atoms with Crippen LogP contribution in [0.5, 0.6) is 5.75 Å². The third-order valence-corrected chi connectivity index (χ3v) is 8.37. The molecule has 264 valence electrons. The number of hydrogen-bond acceptors (Lipinski definition) is 14. The minimum atomic E-state index is -5.06. The summed E-state index contributed by atoms with van der Waals surface area (Å²) in [7, 11) is -3.28. The Hall–Kier alpha value is -4.67. The quantitative estimate of drug-likeness (QED) is 0.0406. The van der Waals surface area contributed by atoms with E-state index in [9.17, 15) is 27.9 Å². The van der Waals surface area contributed by atoms with E-state index in [-0.39, 0.29) is 26.5 Å². The van der Waals surface area contributed by atoms with Gasteiger partial charge in [-0.15, -0.1) is 4.28 Å². The molecule has 1 saturated heterocycles. The molecule has 3 aromatic rings. The highest BCUT2D eigenvalue weighted by molar-refractivity contribution is 7.80. The third kappa shape index (κ3) is 8.68. The maximum atomic E-state index is 15.1. The van der Waals surface area contributed by atoms with Crippen LogP contribution in [0.4, 0.5) is 15.3 Å². The number of anilines is 2. The van der Waals surface area contributed by atoms with Gasteiger partial charge in [0, 0.05) is 29.8 Å². The lowest BCUT2D eigenvalue weighted by molar-refractivity contribution is -0.656. The number of carbonyl (C=O) groups is 3. The molecule has 4 rings (SSSR count). The van der Waals surface area contributed by atoms with Crippen molar-refractivity contribution in [1.82, 2.24) is 15.4 Å². The lowest BCUT2D eigenvalue weighted by Crippen LogP contribution is -2.76. The van der Waals surface area contributed by atoms with Crippen molar-refractivity contribution in [2.24, 2.45) is 17.9 Å². The Morgan fingerprint density at radius 3 is 2.57 bits per heavy atom. The standard InChI is InChI=1S/C27H30ClFN8O10S2/c1-27(2)21(24(39)37(27)47-49(42,43)44)34-23(38)20(19-22(28)48-26(31)33-19)35-46-17(25(40)41)12-45-14-5-6-15(16(29)10-14)13-4-7-18(32-9-8-30)36(3)11-13/h4-7,10-11,17,21H,8-9,12,30H2,1-3H3,(H5,31,33,34,38,40,41,42,43,44)/p+1/b35-20-/t17?,21-/m1/s1. The molecule has 1 aromatic carbocycles. The van der Waals surface area contributed by atoms with Gasteiger partial charge in [0.25, 0.3) is 23.7 Å². The first-order valence-corrected chi connectivity index (χ1v) is 16.6. The summed E-state index contributed by atoms with van der Waals surface area (Å²) in [6.07, 6.45) is -0.140. The van der Waals surface area contributed by atoms with E-state index >= 15 is 4.39 Å². The van der Waals surface area contributed by atoms with Crippen molar-refractivity contribution < 1.29 is 55.3 Å². The fourth-order valence-electron chi connectivity index (χ4n) is 4.48. The number of carbonyl (C=O) groups excluding carboxylic acids is 2. The Kier molecular flexibility index (Phi) is 11.3. The van der Waals surface area contributed by atoms with Crippen LogP contribution < -0.4 is 31.4 Å². The molecule has 0 spiro atoms. The summed E-state index contributed by atoms with van der Waals surface area (Å²) in [6, 6.07) is 6.00. The molecule has 1 fully saturated rings. The van der Waals surface area contributed by atoms with Crippen molar-refractivity contribution in [1.29, 1.82) is 0 Å². The molecule has 2 aromatic heterocycles. The molecule has 0 saturated carbocycles. The van der Waals surface area contributed by atoms with E-state index in [1.54, 1.807) is 29.9 Å². The number of aromatic nitrogens is 2. The number of nitrogens with one attached hydrogen (secondary N) is 2. The predicted molar refractivity (Wildman–Crippen MR) is 172 cm³/mol. The number of β-lactam (4-membered cyclic amide) rings is 1. The van der Waals surface area contributed by atoms with Crippen LogP contribution in [0, 0.1) is 5.82 Å². The van der Waals surface area contributed by atoms with E-state index in [0.717, 1.165) is 23.2 Å². The van der Waals surface area contributed by atoms with Gasteiger partial charge in [-0.3, -0.25) is 19.5 Å². The van der Waals surface area contributed by atoms with Crippen LogP contribution in [0.3, 0.4) is 0 Å². The number of benzene rings is 1. The smallest absolute Gasteiger partial charge is 0.418 e. The Morgan fingerprint density at radius 2 is 2.02 bits per heavy atom. The SMILES string of the molecule is C[n+]1cc(-c2ccc(OCC(O/N=C(\C(=O)N[C@@H]3C(=O)N(OS(=O)(=O)O)C3(C)C)c3nc(N)sc3Cl)C(=O)O)cc2F)ccc1NCCN. The molecular weight excluding hydrogens is 715 g/mol. The second kappa shape index (κ2) is 14.8. The molecule has 1 aliphatic rings. The number of oxime groups is 1. The second-order valence-corrected chi connectivity index (χ2v) is 13.5. The molecule has 8 N–H and O–H groups in total. The van der Waals surface area contributed by atoms with Gasteiger partial charge >= 0.3 is 16.4 Å². The summed E-state index contributed by atoms with van der Waals surface area (Å²) < 4.78 is 57.6. The topological polar surface area (TPSA) is 262 Å². The van der Waals surface area contributed by atoms with Crippen LogP contribution in [0.2, 0.25) is 4.34 Å².